The highest BCUT2D eigenvalue weighted by atomic mass is 32.1. The van der Waals surface area contributed by atoms with E-state index in [4.69, 9.17) is 4.74 Å². The summed E-state index contributed by atoms with van der Waals surface area (Å²) in [5.41, 5.74) is 4.15. The fourth-order valence-electron chi connectivity index (χ4n) is 4.12. The van der Waals surface area contributed by atoms with Crippen molar-refractivity contribution in [3.05, 3.63) is 58.0 Å². The quantitative estimate of drug-likeness (QED) is 0.602. The normalized spacial score (nSPS) is 30.3. The molecule has 29 heavy (non-hydrogen) atoms. The van der Waals surface area contributed by atoms with Gasteiger partial charge in [-0.2, -0.15) is 0 Å². The molecule has 0 unspecified atom stereocenters. The molecule has 0 radical (unpaired) electrons. The molecule has 1 fully saturated rings. The Kier molecular flexibility index (Phi) is 6.20. The lowest BCUT2D eigenvalue weighted by molar-refractivity contribution is -0.230. The minimum Gasteiger partial charge on any atom is -0.394 e. The van der Waals surface area contributed by atoms with E-state index in [2.05, 4.69) is 25.1 Å². The molecule has 2 heterocycles. The Morgan fingerprint density at radius 2 is 1.86 bits per heavy atom. The Labute approximate surface area is 174 Å². The molecule has 1 aromatic carbocycles. The Balaban J connectivity index is 1.57. The first kappa shape index (κ1) is 20.7. The summed E-state index contributed by atoms with van der Waals surface area (Å²) < 4.78 is 6.84. The Morgan fingerprint density at radius 3 is 2.59 bits per heavy atom. The van der Waals surface area contributed by atoms with Gasteiger partial charge in [-0.05, 0) is 55.7 Å². The van der Waals surface area contributed by atoms with Gasteiger partial charge in [0.05, 0.1) is 6.61 Å². The molecule has 6 heteroatoms. The van der Waals surface area contributed by atoms with Crippen LogP contribution in [-0.2, 0) is 11.2 Å². The van der Waals surface area contributed by atoms with Crippen LogP contribution in [0, 0.1) is 0 Å². The molecule has 1 aliphatic heterocycles. The highest BCUT2D eigenvalue weighted by Crippen LogP contribution is 2.39. The van der Waals surface area contributed by atoms with E-state index in [0.29, 0.717) is 0 Å². The van der Waals surface area contributed by atoms with Crippen LogP contribution in [0.25, 0.3) is 10.1 Å². The molecule has 5 atom stereocenters. The lowest BCUT2D eigenvalue weighted by atomic mass is 9.93. The molecule has 4 N–H and O–H groups in total. The maximum absolute atomic E-state index is 10.4. The predicted molar refractivity (Wildman–Crippen MR) is 114 cm³/mol. The van der Waals surface area contributed by atoms with Gasteiger partial charge in [-0.15, -0.1) is 11.3 Å². The number of hydrogen-bond donors (Lipinski definition) is 4. The van der Waals surface area contributed by atoms with Crippen LogP contribution in [-0.4, -0.2) is 51.4 Å². The number of aliphatic hydroxyl groups is 4. The average Bonchev–Trinajstić information content (AvgIpc) is 3.16. The van der Waals surface area contributed by atoms with Crippen LogP contribution in [0.1, 0.15) is 42.7 Å². The fraction of sp³-hybridized carbons (Fsp3) is 0.478. The van der Waals surface area contributed by atoms with E-state index in [-0.39, 0.29) is 0 Å². The van der Waals surface area contributed by atoms with Gasteiger partial charge in [0.2, 0.25) is 0 Å². The van der Waals surface area contributed by atoms with Crippen LogP contribution in [0.15, 0.2) is 47.6 Å². The second kappa shape index (κ2) is 8.68. The number of aryl methyl sites for hydroxylation is 1. The summed E-state index contributed by atoms with van der Waals surface area (Å²) in [5, 5.41) is 41.1. The molecule has 2 aliphatic rings. The van der Waals surface area contributed by atoms with Gasteiger partial charge in [-0.1, -0.05) is 35.4 Å². The molecule has 0 saturated carbocycles. The first-order valence-electron chi connectivity index (χ1n) is 10.1. The van der Waals surface area contributed by atoms with Gasteiger partial charge in [0.25, 0.3) is 0 Å². The highest BCUT2D eigenvalue weighted by molar-refractivity contribution is 7.19. The molecule has 5 nitrogen and oxygen atoms in total. The minimum absolute atomic E-state index is 0.416. The van der Waals surface area contributed by atoms with Gasteiger partial charge in [-0.3, -0.25) is 0 Å². The Hall–Kier alpha value is -1.54. The zero-order valence-electron chi connectivity index (χ0n) is 16.5. The second-order valence-corrected chi connectivity index (χ2v) is 9.18. The molecule has 2 aromatic rings. The van der Waals surface area contributed by atoms with Crippen LogP contribution in [0.5, 0.6) is 0 Å². The van der Waals surface area contributed by atoms with E-state index in [9.17, 15) is 20.4 Å². The SMILES string of the molecule is CC1=CC=C(CCc2cccc3sc([C@@H]4O[C@H](CO)[C@@H](O)[C@H](O)[C@H]4O)cc23)CC1. The number of thiophene rings is 1. The van der Waals surface area contributed by atoms with Crippen LogP contribution in [0.3, 0.4) is 0 Å². The van der Waals surface area contributed by atoms with E-state index in [0.717, 1.165) is 40.6 Å². The van der Waals surface area contributed by atoms with Crippen molar-refractivity contribution < 1.29 is 25.2 Å². The summed E-state index contributed by atoms with van der Waals surface area (Å²) >= 11 is 1.52. The number of rotatable bonds is 5. The molecule has 4 rings (SSSR count). The highest BCUT2D eigenvalue weighted by Gasteiger charge is 2.44. The average molecular weight is 417 g/mol. The number of aliphatic hydroxyl groups excluding tert-OH is 4. The van der Waals surface area contributed by atoms with Crippen molar-refractivity contribution >= 4 is 21.4 Å². The van der Waals surface area contributed by atoms with E-state index in [1.54, 1.807) is 0 Å². The third-order valence-electron chi connectivity index (χ3n) is 6.00. The van der Waals surface area contributed by atoms with Gasteiger partial charge in [0, 0.05) is 9.58 Å². The van der Waals surface area contributed by atoms with Crippen LogP contribution in [0.4, 0.5) is 0 Å². The summed E-state index contributed by atoms with van der Waals surface area (Å²) in [6.45, 7) is 1.75. The largest absolute Gasteiger partial charge is 0.394 e. The van der Waals surface area contributed by atoms with Crippen molar-refractivity contribution in [3.8, 4) is 0 Å². The Morgan fingerprint density at radius 1 is 1.03 bits per heavy atom. The third-order valence-corrected chi connectivity index (χ3v) is 7.16. The standard InChI is InChI=1S/C23H28O5S/c1-13-5-7-14(8-6-13)9-10-15-3-2-4-18-16(15)11-19(29-18)23-22(27)21(26)20(25)17(12-24)28-23/h2-5,7,11,17,20-27H,6,8-10,12H2,1H3/t17-,20-,21+,22-,23+/m1/s1. The first-order chi connectivity index (χ1) is 14.0. The van der Waals surface area contributed by atoms with Gasteiger partial charge in [0.15, 0.2) is 0 Å². The zero-order valence-corrected chi connectivity index (χ0v) is 17.3. The van der Waals surface area contributed by atoms with Crippen molar-refractivity contribution in [2.75, 3.05) is 6.61 Å². The molecule has 0 bridgehead atoms. The summed E-state index contributed by atoms with van der Waals surface area (Å²) in [5.74, 6) is 0. The second-order valence-electron chi connectivity index (χ2n) is 8.07. The monoisotopic (exact) mass is 416 g/mol. The molecule has 1 saturated heterocycles. The summed E-state index contributed by atoms with van der Waals surface area (Å²) in [6.07, 6.45) is 3.08. The predicted octanol–water partition coefficient (Wildman–Crippen LogP) is 3.02. The Bertz CT molecular complexity index is 928. The number of benzene rings is 1. The third kappa shape index (κ3) is 4.19. The molecule has 1 aliphatic carbocycles. The summed E-state index contributed by atoms with van der Waals surface area (Å²) in [7, 11) is 0. The van der Waals surface area contributed by atoms with Gasteiger partial charge in [-0.25, -0.2) is 0 Å². The molecule has 0 amide bonds. The number of hydrogen-bond acceptors (Lipinski definition) is 6. The van der Waals surface area contributed by atoms with E-state index < -0.39 is 37.1 Å². The van der Waals surface area contributed by atoms with Gasteiger partial charge >= 0.3 is 0 Å². The maximum Gasteiger partial charge on any atom is 0.121 e. The van der Waals surface area contributed by atoms with E-state index in [1.807, 2.05) is 18.2 Å². The van der Waals surface area contributed by atoms with Crippen molar-refractivity contribution in [2.45, 2.75) is 63.1 Å². The lowest BCUT2D eigenvalue weighted by Gasteiger charge is -2.39. The lowest BCUT2D eigenvalue weighted by Crippen LogP contribution is -2.55. The van der Waals surface area contributed by atoms with E-state index >= 15 is 0 Å². The van der Waals surface area contributed by atoms with Crippen molar-refractivity contribution in [3.63, 3.8) is 0 Å². The molecule has 156 valence electrons. The van der Waals surface area contributed by atoms with Gasteiger partial charge < -0.3 is 25.2 Å². The zero-order chi connectivity index (χ0) is 20.5. The molecular formula is C23H28O5S. The minimum atomic E-state index is -1.36. The number of ether oxygens (including phenoxy) is 1. The van der Waals surface area contributed by atoms with Crippen LogP contribution in [0.2, 0.25) is 0 Å². The fourth-order valence-corrected chi connectivity index (χ4v) is 5.31. The molecule has 1 aromatic heterocycles. The number of fused-ring (bicyclic) bond motifs is 1. The summed E-state index contributed by atoms with van der Waals surface area (Å²) in [4.78, 5) is 0.791. The maximum atomic E-state index is 10.4. The van der Waals surface area contributed by atoms with Crippen molar-refractivity contribution in [2.24, 2.45) is 0 Å². The first-order valence-corrected chi connectivity index (χ1v) is 11.0. The van der Waals surface area contributed by atoms with Crippen molar-refractivity contribution in [1.82, 2.24) is 0 Å². The summed E-state index contributed by atoms with van der Waals surface area (Å²) in [6, 6.07) is 8.24. The topological polar surface area (TPSA) is 90.2 Å². The van der Waals surface area contributed by atoms with E-state index in [1.165, 1.54) is 28.0 Å². The van der Waals surface area contributed by atoms with Crippen LogP contribution >= 0.6 is 11.3 Å². The van der Waals surface area contributed by atoms with Crippen molar-refractivity contribution in [1.29, 1.82) is 0 Å². The van der Waals surface area contributed by atoms with Crippen LogP contribution < -0.4 is 0 Å². The molecular weight excluding hydrogens is 388 g/mol. The van der Waals surface area contributed by atoms with Gasteiger partial charge in [0.1, 0.15) is 30.5 Å². The number of allylic oxidation sites excluding steroid dienone is 4. The smallest absolute Gasteiger partial charge is 0.121 e. The molecule has 0 spiro atoms.